The van der Waals surface area contributed by atoms with Crippen LogP contribution in [0.5, 0.6) is 0 Å². The van der Waals surface area contributed by atoms with Crippen LogP contribution >= 0.6 is 27.5 Å². The van der Waals surface area contributed by atoms with E-state index in [1.807, 2.05) is 0 Å². The Morgan fingerprint density at radius 1 is 1.46 bits per heavy atom. The monoisotopic (exact) mass is 261 g/mol. The highest BCUT2D eigenvalue weighted by Gasteiger charge is 2.06. The summed E-state index contributed by atoms with van der Waals surface area (Å²) in [4.78, 5) is 11.4. The van der Waals surface area contributed by atoms with Gasteiger partial charge in [0.2, 0.25) is 0 Å². The molecule has 0 amide bonds. The van der Waals surface area contributed by atoms with Gasteiger partial charge in [0, 0.05) is 21.5 Å². The molecule has 0 spiro atoms. The molecule has 2 N–H and O–H groups in total. The number of halogens is 2. The number of hydrogen-bond acceptors (Lipinski definition) is 2. The molecule has 0 bridgehead atoms. The Hall–Kier alpha value is -0.380. The number of hydrogen-bond donors (Lipinski definition) is 1. The van der Waals surface area contributed by atoms with E-state index < -0.39 is 0 Å². The molecule has 0 aliphatic rings. The van der Waals surface area contributed by atoms with Gasteiger partial charge < -0.3 is 5.73 Å². The Labute approximate surface area is 90.2 Å². The first-order chi connectivity index (χ1) is 6.13. The van der Waals surface area contributed by atoms with Gasteiger partial charge in [-0.15, -0.1) is 0 Å². The van der Waals surface area contributed by atoms with Gasteiger partial charge in [0.15, 0.2) is 5.78 Å². The van der Waals surface area contributed by atoms with Crippen molar-refractivity contribution in [3.8, 4) is 0 Å². The molecule has 0 saturated heterocycles. The van der Waals surface area contributed by atoms with Crippen molar-refractivity contribution in [1.82, 2.24) is 0 Å². The number of benzene rings is 1. The van der Waals surface area contributed by atoms with E-state index in [-0.39, 0.29) is 5.78 Å². The molecule has 4 heteroatoms. The second-order valence-electron chi connectivity index (χ2n) is 2.62. The van der Waals surface area contributed by atoms with Crippen molar-refractivity contribution in [3.63, 3.8) is 0 Å². The summed E-state index contributed by atoms with van der Waals surface area (Å²) in [6.07, 6.45) is 0.354. The molecule has 0 heterocycles. The van der Waals surface area contributed by atoms with Gasteiger partial charge in [0.1, 0.15) is 0 Å². The van der Waals surface area contributed by atoms with Gasteiger partial charge in [-0.1, -0.05) is 27.5 Å². The van der Waals surface area contributed by atoms with Crippen molar-refractivity contribution >= 4 is 33.3 Å². The van der Waals surface area contributed by atoms with E-state index in [2.05, 4.69) is 15.9 Å². The summed E-state index contributed by atoms with van der Waals surface area (Å²) in [5, 5.41) is 0.551. The zero-order valence-electron chi connectivity index (χ0n) is 6.89. The van der Waals surface area contributed by atoms with E-state index >= 15 is 0 Å². The van der Waals surface area contributed by atoms with Gasteiger partial charge in [0.25, 0.3) is 0 Å². The molecule has 13 heavy (non-hydrogen) atoms. The van der Waals surface area contributed by atoms with Crippen LogP contribution in [-0.2, 0) is 0 Å². The van der Waals surface area contributed by atoms with E-state index in [1.54, 1.807) is 18.2 Å². The second-order valence-corrected chi connectivity index (χ2v) is 3.97. The van der Waals surface area contributed by atoms with E-state index in [9.17, 15) is 4.79 Å². The smallest absolute Gasteiger partial charge is 0.164 e. The first-order valence-electron chi connectivity index (χ1n) is 3.83. The Balaban J connectivity index is 2.94. The second kappa shape index (κ2) is 4.74. The molecular formula is C9H9BrClNO. The number of rotatable bonds is 3. The lowest BCUT2D eigenvalue weighted by molar-refractivity contribution is 0.0985. The third-order valence-corrected chi connectivity index (χ3v) is 2.23. The summed E-state index contributed by atoms with van der Waals surface area (Å²) in [7, 11) is 0. The number of nitrogens with two attached hydrogens (primary N) is 1. The molecular weight excluding hydrogens is 253 g/mol. The lowest BCUT2D eigenvalue weighted by atomic mass is 10.1. The molecule has 1 aromatic carbocycles. The van der Waals surface area contributed by atoms with Gasteiger partial charge in [0.05, 0.1) is 0 Å². The van der Waals surface area contributed by atoms with Crippen LogP contribution in [0.25, 0.3) is 0 Å². The predicted molar refractivity (Wildman–Crippen MR) is 57.2 cm³/mol. The minimum Gasteiger partial charge on any atom is -0.330 e. The summed E-state index contributed by atoms with van der Waals surface area (Å²) < 4.78 is 0.806. The maximum absolute atomic E-state index is 11.4. The molecule has 0 fully saturated rings. The van der Waals surface area contributed by atoms with Crippen LogP contribution in [0.1, 0.15) is 16.8 Å². The van der Waals surface area contributed by atoms with Gasteiger partial charge in [-0.05, 0) is 24.7 Å². The summed E-state index contributed by atoms with van der Waals surface area (Å²) >= 11 is 9.05. The lowest BCUT2D eigenvalue weighted by Gasteiger charge is -2.00. The third-order valence-electron chi connectivity index (χ3n) is 1.56. The quantitative estimate of drug-likeness (QED) is 0.851. The first kappa shape index (κ1) is 10.7. The Morgan fingerprint density at radius 3 is 2.69 bits per heavy atom. The largest absolute Gasteiger partial charge is 0.330 e. The minimum atomic E-state index is 0.0192. The molecule has 0 unspecified atom stereocenters. The minimum absolute atomic E-state index is 0.0192. The van der Waals surface area contributed by atoms with Crippen molar-refractivity contribution < 1.29 is 4.79 Å². The maximum atomic E-state index is 11.4. The Bertz CT molecular complexity index is 307. The Kier molecular flexibility index (Phi) is 3.90. The van der Waals surface area contributed by atoms with Crippen LogP contribution in [0.4, 0.5) is 0 Å². The van der Waals surface area contributed by atoms with Crippen LogP contribution in [0.3, 0.4) is 0 Å². The summed E-state index contributed by atoms with van der Waals surface area (Å²) in [5.41, 5.74) is 5.88. The molecule has 2 nitrogen and oxygen atoms in total. The van der Waals surface area contributed by atoms with Crippen LogP contribution in [0.2, 0.25) is 5.02 Å². The maximum Gasteiger partial charge on any atom is 0.164 e. The van der Waals surface area contributed by atoms with E-state index in [0.717, 1.165) is 4.47 Å². The third kappa shape index (κ3) is 3.10. The molecule has 0 aliphatic carbocycles. The van der Waals surface area contributed by atoms with Crippen LogP contribution in [-0.4, -0.2) is 12.3 Å². The van der Waals surface area contributed by atoms with Gasteiger partial charge >= 0.3 is 0 Å². The predicted octanol–water partition coefficient (Wildman–Crippen LogP) is 2.63. The molecule has 0 aliphatic heterocycles. The zero-order chi connectivity index (χ0) is 9.84. The van der Waals surface area contributed by atoms with Crippen LogP contribution < -0.4 is 5.73 Å². The van der Waals surface area contributed by atoms with Crippen molar-refractivity contribution in [2.75, 3.05) is 6.54 Å². The average molecular weight is 263 g/mol. The lowest BCUT2D eigenvalue weighted by Crippen LogP contribution is -2.07. The van der Waals surface area contributed by atoms with Gasteiger partial charge in [-0.25, -0.2) is 0 Å². The molecule has 1 rings (SSSR count). The number of carbonyl (C=O) groups is 1. The average Bonchev–Trinajstić information content (AvgIpc) is 2.03. The summed E-state index contributed by atoms with van der Waals surface area (Å²) in [6, 6.07) is 5.12. The SMILES string of the molecule is NCCC(=O)c1cc(Cl)cc(Br)c1. The fourth-order valence-corrected chi connectivity index (χ4v) is 1.85. The fourth-order valence-electron chi connectivity index (χ4n) is 0.990. The number of Topliss-reactive ketones (excluding diaryl/α,β-unsaturated/α-hetero) is 1. The molecule has 0 saturated carbocycles. The van der Waals surface area contributed by atoms with E-state index in [1.165, 1.54) is 0 Å². The highest BCUT2D eigenvalue weighted by atomic mass is 79.9. The van der Waals surface area contributed by atoms with E-state index in [4.69, 9.17) is 17.3 Å². The molecule has 0 aromatic heterocycles. The zero-order valence-corrected chi connectivity index (χ0v) is 9.23. The molecule has 0 atom stereocenters. The van der Waals surface area contributed by atoms with Crippen molar-refractivity contribution in [3.05, 3.63) is 33.3 Å². The highest BCUT2D eigenvalue weighted by molar-refractivity contribution is 9.10. The summed E-state index contributed by atoms with van der Waals surface area (Å²) in [5.74, 6) is 0.0192. The van der Waals surface area contributed by atoms with Crippen molar-refractivity contribution in [1.29, 1.82) is 0 Å². The molecule has 1 aromatic rings. The van der Waals surface area contributed by atoms with Crippen LogP contribution in [0, 0.1) is 0 Å². The molecule has 70 valence electrons. The normalized spacial score (nSPS) is 10.1. The van der Waals surface area contributed by atoms with E-state index in [0.29, 0.717) is 23.6 Å². The fraction of sp³-hybridized carbons (Fsp3) is 0.222. The van der Waals surface area contributed by atoms with Crippen molar-refractivity contribution in [2.24, 2.45) is 5.73 Å². The standard InChI is InChI=1S/C9H9BrClNO/c10-7-3-6(4-8(11)5-7)9(13)1-2-12/h3-5H,1-2,12H2. The topological polar surface area (TPSA) is 43.1 Å². The van der Waals surface area contributed by atoms with Crippen LogP contribution in [0.15, 0.2) is 22.7 Å². The molecule has 0 radical (unpaired) electrons. The number of ketones is 1. The van der Waals surface area contributed by atoms with Gasteiger partial charge in [-0.3, -0.25) is 4.79 Å². The summed E-state index contributed by atoms with van der Waals surface area (Å²) in [6.45, 7) is 0.364. The first-order valence-corrected chi connectivity index (χ1v) is 5.00. The van der Waals surface area contributed by atoms with Crippen molar-refractivity contribution in [2.45, 2.75) is 6.42 Å². The van der Waals surface area contributed by atoms with Gasteiger partial charge in [-0.2, -0.15) is 0 Å². The number of carbonyl (C=O) groups excluding carboxylic acids is 1. The highest BCUT2D eigenvalue weighted by Crippen LogP contribution is 2.20. The Morgan fingerprint density at radius 2 is 2.15 bits per heavy atom.